The number of rotatable bonds is 8. The van der Waals surface area contributed by atoms with E-state index >= 15 is 0 Å². The molecule has 1 aliphatic heterocycles. The van der Waals surface area contributed by atoms with Gasteiger partial charge in [-0.15, -0.1) is 0 Å². The first-order valence-electron chi connectivity index (χ1n) is 9.97. The van der Waals surface area contributed by atoms with Crippen LogP contribution in [0.5, 0.6) is 0 Å². The minimum absolute atomic E-state index is 0.149. The van der Waals surface area contributed by atoms with Crippen molar-refractivity contribution >= 4 is 27.7 Å². The Hall–Kier alpha value is -2.17. The Morgan fingerprint density at radius 3 is 2.21 bits per heavy atom. The van der Waals surface area contributed by atoms with Gasteiger partial charge in [0, 0.05) is 18.8 Å². The standard InChI is InChI=1S/C19H30N4O5S/c1-4-23(5-2)29(26,27)17-9-7-16(8-10-17)20-18(24)15-21-11-13-22(14-12-21)19(25)28-6-3/h7-10H,4-6,11-15H2,1-3H3,(H,20,24)/p+1. The lowest BCUT2D eigenvalue weighted by molar-refractivity contribution is -0.895. The van der Waals surface area contributed by atoms with Crippen LogP contribution in [0.15, 0.2) is 29.2 Å². The molecular weight excluding hydrogens is 396 g/mol. The van der Waals surface area contributed by atoms with Crippen LogP contribution in [0.25, 0.3) is 0 Å². The van der Waals surface area contributed by atoms with Crippen molar-refractivity contribution in [1.82, 2.24) is 9.21 Å². The van der Waals surface area contributed by atoms with E-state index in [-0.39, 0.29) is 23.4 Å². The molecule has 0 radical (unpaired) electrons. The summed E-state index contributed by atoms with van der Waals surface area (Å²) in [6.07, 6.45) is -0.309. The van der Waals surface area contributed by atoms with E-state index in [1.54, 1.807) is 37.8 Å². The zero-order valence-electron chi connectivity index (χ0n) is 17.3. The van der Waals surface area contributed by atoms with Crippen molar-refractivity contribution in [2.75, 3.05) is 57.7 Å². The average molecular weight is 428 g/mol. The number of hydrogen-bond acceptors (Lipinski definition) is 5. The van der Waals surface area contributed by atoms with Gasteiger partial charge in [0.1, 0.15) is 0 Å². The molecule has 0 saturated carbocycles. The zero-order valence-corrected chi connectivity index (χ0v) is 18.1. The summed E-state index contributed by atoms with van der Waals surface area (Å²) in [7, 11) is -3.51. The Bertz CT molecular complexity index is 785. The topological polar surface area (TPSA) is 100 Å². The second-order valence-electron chi connectivity index (χ2n) is 6.77. The lowest BCUT2D eigenvalue weighted by Gasteiger charge is -2.31. The van der Waals surface area contributed by atoms with Gasteiger partial charge in [-0.2, -0.15) is 4.31 Å². The summed E-state index contributed by atoms with van der Waals surface area (Å²) >= 11 is 0. The van der Waals surface area contributed by atoms with Crippen LogP contribution in [0, 0.1) is 0 Å². The van der Waals surface area contributed by atoms with E-state index in [0.29, 0.717) is 51.6 Å². The summed E-state index contributed by atoms with van der Waals surface area (Å²) in [6, 6.07) is 6.22. The quantitative estimate of drug-likeness (QED) is 0.609. The summed E-state index contributed by atoms with van der Waals surface area (Å²) in [5.74, 6) is -0.149. The maximum atomic E-state index is 12.5. The molecule has 0 aromatic heterocycles. The first-order chi connectivity index (χ1) is 13.8. The van der Waals surface area contributed by atoms with Gasteiger partial charge in [0.2, 0.25) is 10.0 Å². The zero-order chi connectivity index (χ0) is 21.4. The number of sulfonamides is 1. The largest absolute Gasteiger partial charge is 0.450 e. The highest BCUT2D eigenvalue weighted by Gasteiger charge is 2.26. The van der Waals surface area contributed by atoms with Gasteiger partial charge in [-0.25, -0.2) is 13.2 Å². The van der Waals surface area contributed by atoms with E-state index < -0.39 is 10.0 Å². The summed E-state index contributed by atoms with van der Waals surface area (Å²) in [6.45, 7) is 9.27. The van der Waals surface area contributed by atoms with Crippen LogP contribution in [0.4, 0.5) is 10.5 Å². The Labute approximate surface area is 172 Å². The highest BCUT2D eigenvalue weighted by atomic mass is 32.2. The van der Waals surface area contributed by atoms with Crippen LogP contribution in [0.1, 0.15) is 20.8 Å². The van der Waals surface area contributed by atoms with Gasteiger partial charge < -0.3 is 15.0 Å². The smallest absolute Gasteiger partial charge is 0.410 e. The first-order valence-corrected chi connectivity index (χ1v) is 11.4. The molecule has 10 heteroatoms. The molecule has 0 atom stereocenters. The number of carbonyl (C=O) groups is 2. The third-order valence-electron chi connectivity index (χ3n) is 4.89. The van der Waals surface area contributed by atoms with Crippen LogP contribution in [0.2, 0.25) is 0 Å². The van der Waals surface area contributed by atoms with E-state index in [0.717, 1.165) is 4.90 Å². The second-order valence-corrected chi connectivity index (χ2v) is 8.71. The molecule has 1 aromatic carbocycles. The van der Waals surface area contributed by atoms with Crippen molar-refractivity contribution in [3.63, 3.8) is 0 Å². The number of anilines is 1. The van der Waals surface area contributed by atoms with Gasteiger partial charge in [0.25, 0.3) is 5.91 Å². The summed E-state index contributed by atoms with van der Waals surface area (Å²) < 4.78 is 31.4. The number of quaternary nitrogens is 1. The third-order valence-corrected chi connectivity index (χ3v) is 6.95. The highest BCUT2D eigenvalue weighted by molar-refractivity contribution is 7.89. The molecule has 2 N–H and O–H groups in total. The fourth-order valence-electron chi connectivity index (χ4n) is 3.25. The van der Waals surface area contributed by atoms with E-state index in [2.05, 4.69) is 5.32 Å². The van der Waals surface area contributed by atoms with Gasteiger partial charge in [-0.1, -0.05) is 13.8 Å². The van der Waals surface area contributed by atoms with Gasteiger partial charge in [0.05, 0.1) is 37.7 Å². The maximum absolute atomic E-state index is 12.5. The molecule has 0 aliphatic carbocycles. The van der Waals surface area contributed by atoms with Crippen molar-refractivity contribution in [1.29, 1.82) is 0 Å². The molecule has 1 saturated heterocycles. The summed E-state index contributed by atoms with van der Waals surface area (Å²) in [4.78, 5) is 27.0. The Kier molecular flexibility index (Phi) is 8.42. The Balaban J connectivity index is 1.86. The summed E-state index contributed by atoms with van der Waals surface area (Å²) in [5, 5.41) is 2.81. The molecule has 1 heterocycles. The van der Waals surface area contributed by atoms with Crippen molar-refractivity contribution in [2.24, 2.45) is 0 Å². The van der Waals surface area contributed by atoms with E-state index in [1.807, 2.05) is 0 Å². The fraction of sp³-hybridized carbons (Fsp3) is 0.579. The van der Waals surface area contributed by atoms with E-state index in [9.17, 15) is 18.0 Å². The Morgan fingerprint density at radius 2 is 1.69 bits per heavy atom. The summed E-state index contributed by atoms with van der Waals surface area (Å²) in [5.41, 5.74) is 0.554. The van der Waals surface area contributed by atoms with E-state index in [1.165, 1.54) is 16.4 Å². The van der Waals surface area contributed by atoms with Gasteiger partial charge in [0.15, 0.2) is 6.54 Å². The lowest BCUT2D eigenvalue weighted by atomic mass is 10.3. The van der Waals surface area contributed by atoms with Crippen LogP contribution in [-0.4, -0.2) is 82.0 Å². The number of amides is 2. The minimum Gasteiger partial charge on any atom is -0.450 e. The number of hydrogen-bond donors (Lipinski definition) is 2. The molecule has 29 heavy (non-hydrogen) atoms. The Morgan fingerprint density at radius 1 is 1.10 bits per heavy atom. The number of nitrogens with zero attached hydrogens (tertiary/aromatic N) is 2. The molecule has 0 spiro atoms. The van der Waals surface area contributed by atoms with Crippen LogP contribution >= 0.6 is 0 Å². The molecule has 162 valence electrons. The van der Waals surface area contributed by atoms with E-state index in [4.69, 9.17) is 4.74 Å². The van der Waals surface area contributed by atoms with Crippen LogP contribution < -0.4 is 10.2 Å². The van der Waals surface area contributed by atoms with Crippen LogP contribution in [0.3, 0.4) is 0 Å². The van der Waals surface area contributed by atoms with Gasteiger partial charge in [-0.05, 0) is 31.2 Å². The molecule has 2 rings (SSSR count). The molecule has 1 aromatic rings. The van der Waals surface area contributed by atoms with Crippen molar-refractivity contribution in [3.05, 3.63) is 24.3 Å². The van der Waals surface area contributed by atoms with Gasteiger partial charge in [-0.3, -0.25) is 9.69 Å². The number of piperazine rings is 1. The molecule has 1 aliphatic rings. The van der Waals surface area contributed by atoms with Crippen molar-refractivity contribution in [3.8, 4) is 0 Å². The molecule has 1 fully saturated rings. The van der Waals surface area contributed by atoms with Crippen molar-refractivity contribution in [2.45, 2.75) is 25.7 Å². The SMILES string of the molecule is CCOC(=O)N1CC[NH+](CC(=O)Nc2ccc(S(=O)(=O)N(CC)CC)cc2)CC1. The predicted molar refractivity (Wildman–Crippen MR) is 109 cm³/mol. The number of nitrogens with one attached hydrogen (secondary N) is 2. The number of ether oxygens (including phenoxy) is 1. The van der Waals surface area contributed by atoms with Gasteiger partial charge >= 0.3 is 6.09 Å². The van der Waals surface area contributed by atoms with Crippen LogP contribution in [-0.2, 0) is 19.6 Å². The maximum Gasteiger partial charge on any atom is 0.410 e. The lowest BCUT2D eigenvalue weighted by Crippen LogP contribution is -3.15. The fourth-order valence-corrected chi connectivity index (χ4v) is 4.71. The second kappa shape index (κ2) is 10.6. The average Bonchev–Trinajstić information content (AvgIpc) is 2.70. The minimum atomic E-state index is -3.51. The number of benzene rings is 1. The first kappa shape index (κ1) is 23.1. The predicted octanol–water partition coefficient (Wildman–Crippen LogP) is 0.0126. The monoisotopic (exact) mass is 427 g/mol. The third kappa shape index (κ3) is 6.15. The molecule has 0 bridgehead atoms. The normalized spacial score (nSPS) is 15.4. The molecule has 2 amide bonds. The number of carbonyl (C=O) groups excluding carboxylic acids is 2. The molecular formula is C19H31N4O5S+. The highest BCUT2D eigenvalue weighted by Crippen LogP contribution is 2.18. The molecule has 9 nitrogen and oxygen atoms in total. The molecule has 0 unspecified atom stereocenters. The van der Waals surface area contributed by atoms with Crippen molar-refractivity contribution < 1.29 is 27.6 Å².